The van der Waals surface area contributed by atoms with Crippen molar-refractivity contribution in [2.75, 3.05) is 16.8 Å². The zero-order valence-corrected chi connectivity index (χ0v) is 17.6. The second-order valence-corrected chi connectivity index (χ2v) is 7.83. The van der Waals surface area contributed by atoms with Gasteiger partial charge in [0.05, 0.1) is 15.1 Å². The second-order valence-electron chi connectivity index (χ2n) is 6.80. The number of nitrogens with one attached hydrogen (secondary N) is 1. The Balaban J connectivity index is 1.79. The number of anilines is 4. The Labute approximate surface area is 177 Å². The van der Waals surface area contributed by atoms with Crippen molar-refractivity contribution in [1.29, 1.82) is 0 Å². The van der Waals surface area contributed by atoms with Crippen molar-refractivity contribution < 1.29 is 4.92 Å². The third-order valence-electron chi connectivity index (χ3n) is 4.72. The number of benzene rings is 2. The fraction of sp³-hybridized carbons (Fsp3) is 0.190. The predicted molar refractivity (Wildman–Crippen MR) is 120 cm³/mol. The normalized spacial score (nSPS) is 10.9. The molecule has 4 rings (SSSR count). The van der Waals surface area contributed by atoms with Gasteiger partial charge in [0, 0.05) is 12.2 Å². The number of hydrogen-bond acceptors (Lipinski definition) is 8. The van der Waals surface area contributed by atoms with E-state index in [0.717, 1.165) is 27.0 Å². The Morgan fingerprint density at radius 3 is 2.67 bits per heavy atom. The Morgan fingerprint density at radius 1 is 1.17 bits per heavy atom. The molecule has 2 aromatic carbocycles. The maximum absolute atomic E-state index is 12.0. The molecule has 30 heavy (non-hydrogen) atoms. The van der Waals surface area contributed by atoms with Crippen LogP contribution >= 0.6 is 11.3 Å². The van der Waals surface area contributed by atoms with Gasteiger partial charge in [0.2, 0.25) is 11.6 Å². The van der Waals surface area contributed by atoms with Crippen LogP contribution in [0, 0.1) is 24.0 Å². The van der Waals surface area contributed by atoms with Crippen molar-refractivity contribution in [2.45, 2.75) is 20.8 Å². The summed E-state index contributed by atoms with van der Waals surface area (Å²) in [6, 6.07) is 13.7. The molecule has 0 aliphatic carbocycles. The van der Waals surface area contributed by atoms with Crippen LogP contribution in [0.15, 0.2) is 48.8 Å². The van der Waals surface area contributed by atoms with Crippen molar-refractivity contribution in [3.63, 3.8) is 0 Å². The molecule has 0 saturated carbocycles. The molecule has 152 valence electrons. The Hall–Kier alpha value is -3.59. The summed E-state index contributed by atoms with van der Waals surface area (Å²) in [6.45, 7) is 6.41. The van der Waals surface area contributed by atoms with Crippen molar-refractivity contribution in [3.05, 3.63) is 70.0 Å². The smallest absolute Gasteiger partial charge is 0.321 e. The molecule has 2 aromatic heterocycles. The number of nitro groups is 1. The molecule has 0 fully saturated rings. The van der Waals surface area contributed by atoms with Crippen molar-refractivity contribution in [1.82, 2.24) is 15.0 Å². The van der Waals surface area contributed by atoms with Crippen LogP contribution in [0.4, 0.5) is 28.1 Å². The first-order valence-electron chi connectivity index (χ1n) is 9.44. The number of hydrogen-bond donors (Lipinski definition) is 1. The minimum absolute atomic E-state index is 0.118. The third-order valence-corrected chi connectivity index (χ3v) is 5.65. The molecule has 0 saturated heterocycles. The molecule has 0 bridgehead atoms. The van der Waals surface area contributed by atoms with E-state index >= 15 is 0 Å². The van der Waals surface area contributed by atoms with Crippen LogP contribution in [0.3, 0.4) is 0 Å². The van der Waals surface area contributed by atoms with Crippen LogP contribution in [0.25, 0.3) is 10.2 Å². The molecule has 8 nitrogen and oxygen atoms in total. The van der Waals surface area contributed by atoms with Crippen LogP contribution < -0.4 is 10.2 Å². The van der Waals surface area contributed by atoms with Gasteiger partial charge in [-0.25, -0.2) is 15.0 Å². The van der Waals surface area contributed by atoms with E-state index in [1.54, 1.807) is 4.90 Å². The van der Waals surface area contributed by atoms with Crippen LogP contribution in [0.5, 0.6) is 0 Å². The SMILES string of the molecule is CCN(c1cccc(C)c1)c1ncnc(Nc2nc3c(C)cccc3s2)c1[N+](=O)[O-]. The first-order chi connectivity index (χ1) is 14.5. The number of thiazole rings is 1. The van der Waals surface area contributed by atoms with Gasteiger partial charge in [-0.15, -0.1) is 0 Å². The monoisotopic (exact) mass is 420 g/mol. The summed E-state index contributed by atoms with van der Waals surface area (Å²) < 4.78 is 1.00. The minimum atomic E-state index is -0.450. The molecule has 0 unspecified atom stereocenters. The number of fused-ring (bicyclic) bond motifs is 1. The summed E-state index contributed by atoms with van der Waals surface area (Å²) in [5, 5.41) is 15.6. The van der Waals surface area contributed by atoms with Gasteiger partial charge in [0.25, 0.3) is 0 Å². The molecule has 0 radical (unpaired) electrons. The molecule has 0 aliphatic rings. The number of rotatable bonds is 6. The van der Waals surface area contributed by atoms with Gasteiger partial charge in [-0.3, -0.25) is 10.1 Å². The Kier molecular flexibility index (Phi) is 5.28. The fourth-order valence-electron chi connectivity index (χ4n) is 3.32. The predicted octanol–water partition coefficient (Wildman–Crippen LogP) is 5.51. The van der Waals surface area contributed by atoms with E-state index in [-0.39, 0.29) is 17.3 Å². The minimum Gasteiger partial charge on any atom is -0.321 e. The quantitative estimate of drug-likeness (QED) is 0.324. The number of para-hydroxylation sites is 1. The van der Waals surface area contributed by atoms with Crippen LogP contribution in [0.2, 0.25) is 0 Å². The first kappa shape index (κ1) is 19.7. The lowest BCUT2D eigenvalue weighted by Gasteiger charge is -2.22. The van der Waals surface area contributed by atoms with Crippen LogP contribution in [-0.4, -0.2) is 26.4 Å². The Bertz CT molecular complexity index is 1240. The second kappa shape index (κ2) is 8.03. The first-order valence-corrected chi connectivity index (χ1v) is 10.3. The van der Waals surface area contributed by atoms with E-state index in [9.17, 15) is 10.1 Å². The highest BCUT2D eigenvalue weighted by molar-refractivity contribution is 7.22. The molecule has 0 spiro atoms. The lowest BCUT2D eigenvalue weighted by Crippen LogP contribution is -2.19. The molecule has 9 heteroatoms. The zero-order chi connectivity index (χ0) is 21.3. The lowest BCUT2D eigenvalue weighted by molar-refractivity contribution is -0.383. The van der Waals surface area contributed by atoms with E-state index in [0.29, 0.717) is 11.7 Å². The van der Waals surface area contributed by atoms with Gasteiger partial charge in [0.1, 0.15) is 6.33 Å². The van der Waals surface area contributed by atoms with Gasteiger partial charge < -0.3 is 10.2 Å². The van der Waals surface area contributed by atoms with Gasteiger partial charge in [0.15, 0.2) is 5.13 Å². The molecular formula is C21H20N6O2S. The van der Waals surface area contributed by atoms with E-state index < -0.39 is 4.92 Å². The highest BCUT2D eigenvalue weighted by Crippen LogP contribution is 2.38. The average Bonchev–Trinajstić information content (AvgIpc) is 3.12. The molecule has 4 aromatic rings. The van der Waals surface area contributed by atoms with Gasteiger partial charge >= 0.3 is 5.69 Å². The highest BCUT2D eigenvalue weighted by Gasteiger charge is 2.28. The molecular weight excluding hydrogens is 400 g/mol. The summed E-state index contributed by atoms with van der Waals surface area (Å²) >= 11 is 1.43. The average molecular weight is 420 g/mol. The molecule has 0 aliphatic heterocycles. The maximum Gasteiger partial charge on any atom is 0.354 e. The largest absolute Gasteiger partial charge is 0.354 e. The lowest BCUT2D eigenvalue weighted by atomic mass is 10.2. The van der Waals surface area contributed by atoms with E-state index in [2.05, 4.69) is 20.3 Å². The molecule has 2 heterocycles. The third kappa shape index (κ3) is 3.67. The van der Waals surface area contributed by atoms with E-state index in [4.69, 9.17) is 0 Å². The summed E-state index contributed by atoms with van der Waals surface area (Å²) in [7, 11) is 0. The highest BCUT2D eigenvalue weighted by atomic mass is 32.1. The summed E-state index contributed by atoms with van der Waals surface area (Å²) in [4.78, 5) is 26.4. The fourth-order valence-corrected chi connectivity index (χ4v) is 4.26. The van der Waals surface area contributed by atoms with Crippen LogP contribution in [-0.2, 0) is 0 Å². The summed E-state index contributed by atoms with van der Waals surface area (Å²) in [5.74, 6) is 0.357. The summed E-state index contributed by atoms with van der Waals surface area (Å²) in [6.07, 6.45) is 1.34. The molecule has 1 N–H and O–H groups in total. The van der Waals surface area contributed by atoms with Crippen molar-refractivity contribution in [2.24, 2.45) is 0 Å². The van der Waals surface area contributed by atoms with Crippen molar-refractivity contribution in [3.8, 4) is 0 Å². The van der Waals surface area contributed by atoms with Crippen molar-refractivity contribution >= 4 is 49.7 Å². The van der Waals surface area contributed by atoms with Crippen LogP contribution in [0.1, 0.15) is 18.1 Å². The van der Waals surface area contributed by atoms with Gasteiger partial charge in [-0.05, 0) is 50.1 Å². The van der Waals surface area contributed by atoms with E-state index in [1.807, 2.05) is 63.2 Å². The standard InChI is InChI=1S/C21H20N6O2S/c1-4-26(15-9-5-7-13(2)11-15)20-18(27(28)29)19(22-12-23-20)25-21-24-17-14(3)8-6-10-16(17)30-21/h5-12H,4H2,1-3H3,(H,22,23,24,25). The summed E-state index contributed by atoms with van der Waals surface area (Å²) in [5.41, 5.74) is 3.63. The molecule has 0 amide bonds. The van der Waals surface area contributed by atoms with Gasteiger partial charge in [-0.2, -0.15) is 0 Å². The van der Waals surface area contributed by atoms with E-state index in [1.165, 1.54) is 17.7 Å². The van der Waals surface area contributed by atoms with Gasteiger partial charge in [-0.1, -0.05) is 35.6 Å². The molecule has 0 atom stereocenters. The zero-order valence-electron chi connectivity index (χ0n) is 16.8. The topological polar surface area (TPSA) is 97.1 Å². The number of aryl methyl sites for hydroxylation is 2. The number of aromatic nitrogens is 3. The Morgan fingerprint density at radius 2 is 1.97 bits per heavy atom. The number of nitrogens with zero attached hydrogens (tertiary/aromatic N) is 5. The maximum atomic E-state index is 12.0.